The maximum Gasteiger partial charge on any atom is 0.167 e. The van der Waals surface area contributed by atoms with Crippen LogP contribution in [0.4, 0.5) is 0 Å². The molecule has 0 amide bonds. The Balaban J connectivity index is 1.19. The van der Waals surface area contributed by atoms with Gasteiger partial charge in [0.25, 0.3) is 0 Å². The zero-order chi connectivity index (χ0) is 36.0. The third kappa shape index (κ3) is 4.49. The summed E-state index contributed by atoms with van der Waals surface area (Å²) in [6, 6.07) is 59.4. The lowest BCUT2D eigenvalue weighted by molar-refractivity contribution is 0.667. The van der Waals surface area contributed by atoms with Gasteiger partial charge in [0.2, 0.25) is 0 Å². The zero-order valence-corrected chi connectivity index (χ0v) is 30.1. The van der Waals surface area contributed by atoms with Crippen LogP contribution in [0, 0.1) is 0 Å². The minimum absolute atomic E-state index is 0.563. The molecular weight excluding hydrogens is 693 g/mol. The molecule has 4 heterocycles. The van der Waals surface area contributed by atoms with Gasteiger partial charge in [0.1, 0.15) is 5.58 Å². The van der Waals surface area contributed by atoms with Gasteiger partial charge < -0.3 is 8.98 Å². The summed E-state index contributed by atoms with van der Waals surface area (Å²) in [6.07, 6.45) is 0. The number of hydrogen-bond donors (Lipinski definition) is 0. The quantitative estimate of drug-likeness (QED) is 0.182. The molecule has 12 rings (SSSR count). The monoisotopic (exact) mass is 720 g/mol. The Morgan fingerprint density at radius 1 is 0.418 bits per heavy atom. The Morgan fingerprint density at radius 3 is 1.84 bits per heavy atom. The van der Waals surface area contributed by atoms with E-state index in [9.17, 15) is 0 Å². The van der Waals surface area contributed by atoms with Crippen LogP contribution in [0.2, 0.25) is 0 Å². The molecule has 0 saturated heterocycles. The van der Waals surface area contributed by atoms with Crippen LogP contribution in [0.25, 0.3) is 115 Å². The third-order valence-electron chi connectivity index (χ3n) is 10.8. The SMILES string of the molecule is c1ccc(-c2nc(-c3ccccc3)nc(-c3cc4ccccc4c4c3oc3c(-n5c6ccccc6c6c7c(ccc65)sc5ccccc57)cccc34)n2)cc1. The highest BCUT2D eigenvalue weighted by atomic mass is 32.1. The highest BCUT2D eigenvalue weighted by molar-refractivity contribution is 7.26. The van der Waals surface area contributed by atoms with Crippen molar-refractivity contribution in [2.45, 2.75) is 0 Å². The van der Waals surface area contributed by atoms with Crippen LogP contribution in [-0.2, 0) is 0 Å². The van der Waals surface area contributed by atoms with E-state index in [1.807, 2.05) is 72.0 Å². The van der Waals surface area contributed by atoms with Gasteiger partial charge in [-0.2, -0.15) is 0 Å². The first-order valence-corrected chi connectivity index (χ1v) is 19.2. The summed E-state index contributed by atoms with van der Waals surface area (Å²) in [4.78, 5) is 15.3. The lowest BCUT2D eigenvalue weighted by Gasteiger charge is -2.10. The lowest BCUT2D eigenvalue weighted by atomic mass is 9.99. The predicted octanol–water partition coefficient (Wildman–Crippen LogP) is 13.4. The maximum atomic E-state index is 7.21. The van der Waals surface area contributed by atoms with Crippen LogP contribution in [0.1, 0.15) is 0 Å². The van der Waals surface area contributed by atoms with Gasteiger partial charge in [0, 0.05) is 52.8 Å². The Bertz CT molecular complexity index is 3430. The number of nitrogens with zero attached hydrogens (tertiary/aromatic N) is 4. The molecule has 0 bridgehead atoms. The van der Waals surface area contributed by atoms with E-state index in [1.54, 1.807) is 0 Å². The molecule has 4 aromatic heterocycles. The van der Waals surface area contributed by atoms with Gasteiger partial charge in [-0.15, -0.1) is 11.3 Å². The summed E-state index contributed by atoms with van der Waals surface area (Å²) in [5.41, 5.74) is 7.49. The molecule has 256 valence electrons. The summed E-state index contributed by atoms with van der Waals surface area (Å²) in [6.45, 7) is 0. The third-order valence-corrected chi connectivity index (χ3v) is 12.0. The smallest absolute Gasteiger partial charge is 0.167 e. The van der Waals surface area contributed by atoms with Crippen LogP contribution >= 0.6 is 11.3 Å². The molecule has 8 aromatic carbocycles. The standard InChI is InChI=1S/C49H28N4OS/c1-3-14-29(15-4-1)47-50-48(30-16-5-2-6-17-30)52-49(51-47)36-28-31-18-7-8-19-32(31)42-35-22-13-24-39(45(35)54-46(36)42)53-37-23-11-9-20-33(37)43-38(53)26-27-41-44(43)34-21-10-12-25-40(34)55-41/h1-28H. The molecule has 12 aromatic rings. The summed E-state index contributed by atoms with van der Waals surface area (Å²) in [7, 11) is 0. The van der Waals surface area contributed by atoms with E-state index in [0.717, 1.165) is 66.1 Å². The van der Waals surface area contributed by atoms with Gasteiger partial charge in [-0.05, 0) is 47.2 Å². The number of para-hydroxylation sites is 2. The average Bonchev–Trinajstić information content (AvgIpc) is 3.94. The minimum Gasteiger partial charge on any atom is -0.453 e. The van der Waals surface area contributed by atoms with Crippen LogP contribution in [-0.4, -0.2) is 19.5 Å². The fourth-order valence-electron chi connectivity index (χ4n) is 8.44. The summed E-state index contributed by atoms with van der Waals surface area (Å²) < 4.78 is 12.2. The first kappa shape index (κ1) is 30.3. The Morgan fingerprint density at radius 2 is 1.05 bits per heavy atom. The second kappa shape index (κ2) is 11.7. The van der Waals surface area contributed by atoms with E-state index in [4.69, 9.17) is 19.4 Å². The van der Waals surface area contributed by atoms with Crippen molar-refractivity contribution in [1.29, 1.82) is 0 Å². The number of rotatable bonds is 4. The van der Waals surface area contributed by atoms with Crippen molar-refractivity contribution in [3.8, 4) is 39.9 Å². The van der Waals surface area contributed by atoms with Crippen molar-refractivity contribution in [2.75, 3.05) is 0 Å². The molecule has 0 unspecified atom stereocenters. The van der Waals surface area contributed by atoms with Crippen molar-refractivity contribution in [3.63, 3.8) is 0 Å². The normalized spacial score (nSPS) is 12.0. The molecule has 0 N–H and O–H groups in total. The van der Waals surface area contributed by atoms with Crippen LogP contribution in [0.3, 0.4) is 0 Å². The van der Waals surface area contributed by atoms with E-state index >= 15 is 0 Å². The number of hydrogen-bond acceptors (Lipinski definition) is 5. The zero-order valence-electron chi connectivity index (χ0n) is 29.3. The van der Waals surface area contributed by atoms with Crippen molar-refractivity contribution in [1.82, 2.24) is 19.5 Å². The Labute approximate surface area is 318 Å². The maximum absolute atomic E-state index is 7.21. The highest BCUT2D eigenvalue weighted by Gasteiger charge is 2.24. The molecule has 0 aliphatic rings. The first-order chi connectivity index (χ1) is 27.3. The van der Waals surface area contributed by atoms with Gasteiger partial charge in [0.05, 0.1) is 22.3 Å². The molecule has 0 fully saturated rings. The van der Waals surface area contributed by atoms with E-state index in [0.29, 0.717) is 17.5 Å². The predicted molar refractivity (Wildman–Crippen MR) is 228 cm³/mol. The number of fused-ring (bicyclic) bond motifs is 12. The highest BCUT2D eigenvalue weighted by Crippen LogP contribution is 2.46. The number of furan rings is 1. The Kier molecular flexibility index (Phi) is 6.44. The first-order valence-electron chi connectivity index (χ1n) is 18.4. The van der Waals surface area contributed by atoms with Crippen molar-refractivity contribution in [2.24, 2.45) is 0 Å². The largest absolute Gasteiger partial charge is 0.453 e. The van der Waals surface area contributed by atoms with Crippen LogP contribution in [0.15, 0.2) is 174 Å². The van der Waals surface area contributed by atoms with Crippen LogP contribution < -0.4 is 0 Å². The van der Waals surface area contributed by atoms with Gasteiger partial charge in [-0.3, -0.25) is 0 Å². The van der Waals surface area contributed by atoms with Gasteiger partial charge >= 0.3 is 0 Å². The molecule has 55 heavy (non-hydrogen) atoms. The average molecular weight is 721 g/mol. The van der Waals surface area contributed by atoms with Gasteiger partial charge in [-0.25, -0.2) is 15.0 Å². The van der Waals surface area contributed by atoms with E-state index in [2.05, 4.69) is 114 Å². The van der Waals surface area contributed by atoms with Crippen molar-refractivity contribution in [3.05, 3.63) is 170 Å². The molecule has 6 heteroatoms. The molecule has 0 saturated carbocycles. The van der Waals surface area contributed by atoms with E-state index in [1.165, 1.54) is 30.9 Å². The van der Waals surface area contributed by atoms with Crippen molar-refractivity contribution >= 4 is 86.0 Å². The molecule has 0 aliphatic carbocycles. The van der Waals surface area contributed by atoms with Crippen LogP contribution in [0.5, 0.6) is 0 Å². The van der Waals surface area contributed by atoms with Crippen molar-refractivity contribution < 1.29 is 4.42 Å². The van der Waals surface area contributed by atoms with Gasteiger partial charge in [0.15, 0.2) is 23.1 Å². The molecule has 0 atom stereocenters. The minimum atomic E-state index is 0.563. The molecule has 0 radical (unpaired) electrons. The second-order valence-corrected chi connectivity index (χ2v) is 15.0. The summed E-state index contributed by atoms with van der Waals surface area (Å²) in [5, 5.41) is 9.36. The summed E-state index contributed by atoms with van der Waals surface area (Å²) in [5.74, 6) is 1.79. The number of benzene rings is 8. The molecule has 5 nitrogen and oxygen atoms in total. The Hall–Kier alpha value is -7.15. The second-order valence-electron chi connectivity index (χ2n) is 13.9. The topological polar surface area (TPSA) is 56.7 Å². The molecule has 0 spiro atoms. The number of aromatic nitrogens is 4. The van der Waals surface area contributed by atoms with E-state index < -0.39 is 0 Å². The fraction of sp³-hybridized carbons (Fsp3) is 0. The lowest BCUT2D eigenvalue weighted by Crippen LogP contribution is -2.00. The molecule has 0 aliphatic heterocycles. The summed E-state index contributed by atoms with van der Waals surface area (Å²) >= 11 is 1.85. The molecular formula is C49H28N4OS. The van der Waals surface area contributed by atoms with E-state index in [-0.39, 0.29) is 0 Å². The number of thiophene rings is 1. The van der Waals surface area contributed by atoms with Gasteiger partial charge in [-0.1, -0.05) is 133 Å². The fourth-order valence-corrected chi connectivity index (χ4v) is 9.55.